The van der Waals surface area contributed by atoms with Crippen molar-refractivity contribution in [1.29, 1.82) is 0 Å². The van der Waals surface area contributed by atoms with Gasteiger partial charge in [-0.2, -0.15) is 0 Å². The molecule has 188 valence electrons. The van der Waals surface area contributed by atoms with Crippen LogP contribution >= 0.6 is 0 Å². The Balaban J connectivity index is 1.35. The van der Waals surface area contributed by atoms with Crippen molar-refractivity contribution in [1.82, 2.24) is 0 Å². The number of benzene rings is 6. The van der Waals surface area contributed by atoms with Crippen molar-refractivity contribution in [2.75, 3.05) is 7.11 Å². The van der Waals surface area contributed by atoms with E-state index in [2.05, 4.69) is 134 Å². The number of hydrogen-bond acceptors (Lipinski definition) is 2. The predicted molar refractivity (Wildman–Crippen MR) is 159 cm³/mol. The topological polar surface area (TPSA) is 18.5 Å². The third kappa shape index (κ3) is 3.72. The maximum Gasteiger partial charge on any atom is 0.128 e. The lowest BCUT2D eigenvalue weighted by molar-refractivity contribution is 0.414. The zero-order chi connectivity index (χ0) is 26.4. The molecule has 0 unspecified atom stereocenters. The van der Waals surface area contributed by atoms with Crippen LogP contribution in [0, 0.1) is 6.92 Å². The first-order valence-electron chi connectivity index (χ1n) is 13.3. The van der Waals surface area contributed by atoms with Gasteiger partial charge in [0.1, 0.15) is 17.2 Å². The first-order chi connectivity index (χ1) is 19.2. The molecule has 7 rings (SSSR count). The minimum atomic E-state index is -0.446. The highest BCUT2D eigenvalue weighted by Crippen LogP contribution is 2.56. The Morgan fingerprint density at radius 3 is 1.62 bits per heavy atom. The van der Waals surface area contributed by atoms with E-state index in [1.54, 1.807) is 7.11 Å². The second kappa shape index (κ2) is 9.18. The number of rotatable bonds is 5. The largest absolute Gasteiger partial charge is 0.497 e. The number of fused-ring (bicyclic) bond motifs is 4. The molecule has 0 bridgehead atoms. The molecule has 0 spiro atoms. The normalized spacial score (nSPS) is 13.1. The van der Waals surface area contributed by atoms with Crippen LogP contribution in [0.15, 0.2) is 133 Å². The van der Waals surface area contributed by atoms with Gasteiger partial charge in [-0.3, -0.25) is 0 Å². The van der Waals surface area contributed by atoms with E-state index >= 15 is 0 Å². The van der Waals surface area contributed by atoms with Crippen molar-refractivity contribution in [3.8, 4) is 28.4 Å². The summed E-state index contributed by atoms with van der Waals surface area (Å²) in [6.45, 7) is 2.12. The predicted octanol–water partition coefficient (Wildman–Crippen LogP) is 9.31. The van der Waals surface area contributed by atoms with Crippen LogP contribution in [0.25, 0.3) is 21.9 Å². The number of hydrogen-bond donors (Lipinski definition) is 0. The van der Waals surface area contributed by atoms with E-state index in [4.69, 9.17) is 9.47 Å². The molecule has 0 atom stereocenters. The molecule has 0 saturated carbocycles. The molecular weight excluding hydrogens is 476 g/mol. The smallest absolute Gasteiger partial charge is 0.128 e. The second-order valence-corrected chi connectivity index (χ2v) is 10.2. The van der Waals surface area contributed by atoms with Crippen molar-refractivity contribution in [2.24, 2.45) is 0 Å². The first kappa shape index (κ1) is 23.3. The molecule has 1 aliphatic carbocycles. The Morgan fingerprint density at radius 2 is 1.00 bits per heavy atom. The summed E-state index contributed by atoms with van der Waals surface area (Å²) in [5, 5.41) is 2.39. The van der Waals surface area contributed by atoms with Crippen molar-refractivity contribution in [2.45, 2.75) is 12.3 Å². The van der Waals surface area contributed by atoms with Gasteiger partial charge in [-0.25, -0.2) is 0 Å². The summed E-state index contributed by atoms with van der Waals surface area (Å²) in [5.41, 5.74) is 8.34. The van der Waals surface area contributed by atoms with Crippen LogP contribution in [-0.4, -0.2) is 7.11 Å². The molecule has 6 aromatic carbocycles. The van der Waals surface area contributed by atoms with Crippen LogP contribution in [0.1, 0.15) is 27.8 Å². The SMILES string of the molecule is COc1ccc(C2(c3ccc(Oc4ccc5cc(C)ccc5c4)cc3)c3ccccc3-c3ccccc32)cc1. The lowest BCUT2D eigenvalue weighted by Gasteiger charge is -2.34. The Morgan fingerprint density at radius 1 is 0.487 bits per heavy atom. The Bertz CT molecular complexity index is 1770. The van der Waals surface area contributed by atoms with Gasteiger partial charge in [0.15, 0.2) is 0 Å². The van der Waals surface area contributed by atoms with E-state index in [1.165, 1.54) is 49.7 Å². The van der Waals surface area contributed by atoms with E-state index in [1.807, 2.05) is 6.07 Å². The van der Waals surface area contributed by atoms with Crippen LogP contribution in [0.4, 0.5) is 0 Å². The third-order valence-electron chi connectivity index (χ3n) is 7.97. The quantitative estimate of drug-likeness (QED) is 0.232. The monoisotopic (exact) mass is 504 g/mol. The molecule has 6 aromatic rings. The van der Waals surface area contributed by atoms with Gasteiger partial charge in [0.05, 0.1) is 12.5 Å². The molecule has 0 saturated heterocycles. The molecule has 0 radical (unpaired) electrons. The number of ether oxygens (including phenoxy) is 2. The lowest BCUT2D eigenvalue weighted by atomic mass is 9.68. The van der Waals surface area contributed by atoms with Gasteiger partial charge in [-0.1, -0.05) is 103 Å². The van der Waals surface area contributed by atoms with Gasteiger partial charge >= 0.3 is 0 Å². The molecule has 0 aliphatic heterocycles. The molecule has 0 N–H and O–H groups in total. The summed E-state index contributed by atoms with van der Waals surface area (Å²) < 4.78 is 11.8. The van der Waals surface area contributed by atoms with E-state index in [0.29, 0.717) is 0 Å². The van der Waals surface area contributed by atoms with Gasteiger partial charge in [-0.15, -0.1) is 0 Å². The van der Waals surface area contributed by atoms with Crippen LogP contribution in [0.5, 0.6) is 17.2 Å². The molecule has 0 amide bonds. The van der Waals surface area contributed by atoms with E-state index in [0.717, 1.165) is 17.2 Å². The van der Waals surface area contributed by atoms with Crippen molar-refractivity contribution < 1.29 is 9.47 Å². The molecule has 2 heteroatoms. The van der Waals surface area contributed by atoms with Gasteiger partial charge in [0, 0.05) is 0 Å². The summed E-state index contributed by atoms with van der Waals surface area (Å²) >= 11 is 0. The highest BCUT2D eigenvalue weighted by Gasteiger charge is 2.45. The van der Waals surface area contributed by atoms with Gasteiger partial charge < -0.3 is 9.47 Å². The molecular formula is C37H28O2. The highest BCUT2D eigenvalue weighted by atomic mass is 16.5. The third-order valence-corrected chi connectivity index (χ3v) is 7.97. The van der Waals surface area contributed by atoms with E-state index in [9.17, 15) is 0 Å². The fraction of sp³-hybridized carbons (Fsp3) is 0.0811. The summed E-state index contributed by atoms with van der Waals surface area (Å²) in [6.07, 6.45) is 0. The number of methoxy groups -OCH3 is 1. The summed E-state index contributed by atoms with van der Waals surface area (Å²) in [4.78, 5) is 0. The van der Waals surface area contributed by atoms with Crippen molar-refractivity contribution in [3.05, 3.63) is 161 Å². The standard InChI is InChI=1S/C37H28O2/c1-25-11-12-27-24-32(18-13-26(27)23-25)39-31-21-16-29(17-22-31)37(28-14-19-30(38-2)20-15-28)35-9-5-3-7-33(35)34-8-4-6-10-36(34)37/h3-24H,1-2H3. The van der Waals surface area contributed by atoms with Crippen LogP contribution < -0.4 is 9.47 Å². The van der Waals surface area contributed by atoms with Crippen LogP contribution in [0.3, 0.4) is 0 Å². The minimum absolute atomic E-state index is 0.446. The summed E-state index contributed by atoms with van der Waals surface area (Å²) in [5.74, 6) is 2.50. The van der Waals surface area contributed by atoms with Crippen LogP contribution in [0.2, 0.25) is 0 Å². The summed E-state index contributed by atoms with van der Waals surface area (Å²) in [7, 11) is 1.71. The first-order valence-corrected chi connectivity index (χ1v) is 13.3. The van der Waals surface area contributed by atoms with Crippen molar-refractivity contribution in [3.63, 3.8) is 0 Å². The Kier molecular flexibility index (Phi) is 5.49. The highest BCUT2D eigenvalue weighted by molar-refractivity contribution is 5.86. The zero-order valence-corrected chi connectivity index (χ0v) is 22.0. The Hall–Kier alpha value is -4.82. The zero-order valence-electron chi connectivity index (χ0n) is 22.0. The summed E-state index contributed by atoms with van der Waals surface area (Å²) in [6, 6.07) is 47.4. The maximum absolute atomic E-state index is 6.33. The second-order valence-electron chi connectivity index (χ2n) is 10.2. The van der Waals surface area contributed by atoms with E-state index in [-0.39, 0.29) is 0 Å². The van der Waals surface area contributed by atoms with Crippen LogP contribution in [-0.2, 0) is 5.41 Å². The van der Waals surface area contributed by atoms with Gasteiger partial charge in [0.25, 0.3) is 0 Å². The molecule has 0 heterocycles. The lowest BCUT2D eigenvalue weighted by Crippen LogP contribution is -2.28. The average Bonchev–Trinajstić information content (AvgIpc) is 3.29. The average molecular weight is 505 g/mol. The Labute approximate surface area is 229 Å². The number of aryl methyl sites for hydroxylation is 1. The molecule has 0 aromatic heterocycles. The fourth-order valence-corrected chi connectivity index (χ4v) is 6.18. The maximum atomic E-state index is 6.33. The fourth-order valence-electron chi connectivity index (χ4n) is 6.18. The molecule has 0 fully saturated rings. The van der Waals surface area contributed by atoms with Crippen molar-refractivity contribution >= 4 is 10.8 Å². The molecule has 1 aliphatic rings. The molecule has 2 nitrogen and oxygen atoms in total. The van der Waals surface area contributed by atoms with E-state index < -0.39 is 5.41 Å². The van der Waals surface area contributed by atoms with Gasteiger partial charge in [-0.05, 0) is 87.5 Å². The molecule has 39 heavy (non-hydrogen) atoms. The van der Waals surface area contributed by atoms with Gasteiger partial charge in [0.2, 0.25) is 0 Å². The minimum Gasteiger partial charge on any atom is -0.497 e.